The lowest BCUT2D eigenvalue weighted by molar-refractivity contribution is 0.387. The van der Waals surface area contributed by atoms with Crippen LogP contribution in [0, 0.1) is 6.92 Å². The highest BCUT2D eigenvalue weighted by Crippen LogP contribution is 2.25. The summed E-state index contributed by atoms with van der Waals surface area (Å²) in [6, 6.07) is 6.52. The van der Waals surface area contributed by atoms with Crippen LogP contribution in [0.15, 0.2) is 35.5 Å². The number of likely N-dealkylation sites (tertiary alicyclic amines) is 1. The molecule has 0 unspecified atom stereocenters. The van der Waals surface area contributed by atoms with Crippen LogP contribution in [0.1, 0.15) is 30.9 Å². The summed E-state index contributed by atoms with van der Waals surface area (Å²) in [5.74, 6) is 0. The lowest BCUT2D eigenvalue weighted by Crippen LogP contribution is -2.16. The fourth-order valence-electron chi connectivity index (χ4n) is 2.23. The van der Waals surface area contributed by atoms with Gasteiger partial charge in [-0.2, -0.15) is 0 Å². The molecule has 1 heterocycles. The molecule has 90 valence electrons. The molecule has 1 aliphatic heterocycles. The predicted octanol–water partition coefficient (Wildman–Crippen LogP) is 3.83. The topological polar surface area (TPSA) is 15.6 Å². The van der Waals surface area contributed by atoms with Crippen LogP contribution in [0.25, 0.3) is 0 Å². The van der Waals surface area contributed by atoms with E-state index in [4.69, 9.17) is 0 Å². The number of benzene rings is 1. The predicted molar refractivity (Wildman–Crippen MR) is 73.8 cm³/mol. The molecular formula is C15H20N2. The Morgan fingerprint density at radius 2 is 2.29 bits per heavy atom. The third-order valence-corrected chi connectivity index (χ3v) is 3.26. The Hall–Kier alpha value is -1.57. The Bertz CT molecular complexity index is 446. The smallest absolute Gasteiger partial charge is 0.0658 e. The van der Waals surface area contributed by atoms with Crippen molar-refractivity contribution in [1.29, 1.82) is 0 Å². The van der Waals surface area contributed by atoms with Crippen LogP contribution in [0.5, 0.6) is 0 Å². The van der Waals surface area contributed by atoms with E-state index in [9.17, 15) is 0 Å². The number of allylic oxidation sites excluding steroid dienone is 1. The molecule has 0 saturated carbocycles. The number of rotatable bonds is 3. The van der Waals surface area contributed by atoms with Gasteiger partial charge in [0.2, 0.25) is 0 Å². The highest BCUT2D eigenvalue weighted by atomic mass is 15.1. The molecule has 2 nitrogen and oxygen atoms in total. The second kappa shape index (κ2) is 5.17. The van der Waals surface area contributed by atoms with Crippen LogP contribution in [-0.4, -0.2) is 17.7 Å². The van der Waals surface area contributed by atoms with Crippen LogP contribution >= 0.6 is 0 Å². The van der Waals surface area contributed by atoms with Crippen molar-refractivity contribution in [3.8, 4) is 0 Å². The summed E-state index contributed by atoms with van der Waals surface area (Å²) in [5.41, 5.74) is 4.90. The maximum absolute atomic E-state index is 4.39. The van der Waals surface area contributed by atoms with Crippen molar-refractivity contribution in [3.05, 3.63) is 41.6 Å². The minimum Gasteiger partial charge on any atom is -0.371 e. The summed E-state index contributed by atoms with van der Waals surface area (Å²) in [6.45, 7) is 10.3. The number of aliphatic imine (C=N–C) groups is 1. The first-order valence-corrected chi connectivity index (χ1v) is 6.21. The second-order valence-corrected chi connectivity index (χ2v) is 4.60. The molecule has 1 saturated heterocycles. The lowest BCUT2D eigenvalue weighted by Gasteiger charge is -2.19. The highest BCUT2D eigenvalue weighted by molar-refractivity contribution is 5.62. The van der Waals surface area contributed by atoms with Gasteiger partial charge in [0, 0.05) is 25.0 Å². The summed E-state index contributed by atoms with van der Waals surface area (Å²) in [4.78, 5) is 6.76. The molecule has 0 radical (unpaired) electrons. The van der Waals surface area contributed by atoms with E-state index >= 15 is 0 Å². The van der Waals surface area contributed by atoms with Crippen molar-refractivity contribution >= 4 is 11.9 Å². The van der Waals surface area contributed by atoms with E-state index in [1.54, 1.807) is 0 Å². The van der Waals surface area contributed by atoms with Crippen molar-refractivity contribution < 1.29 is 0 Å². The summed E-state index contributed by atoms with van der Waals surface area (Å²) in [7, 11) is 0. The number of aryl methyl sites for hydroxylation is 1. The van der Waals surface area contributed by atoms with Gasteiger partial charge in [0.25, 0.3) is 0 Å². The molecule has 1 aromatic rings. The molecule has 1 aliphatic rings. The third kappa shape index (κ3) is 2.76. The summed E-state index contributed by atoms with van der Waals surface area (Å²) in [6.07, 6.45) is 4.23. The van der Waals surface area contributed by atoms with Gasteiger partial charge < -0.3 is 4.90 Å². The van der Waals surface area contributed by atoms with Gasteiger partial charge >= 0.3 is 0 Å². The number of nitrogens with zero attached hydrogens (tertiary/aromatic N) is 2. The zero-order valence-electron chi connectivity index (χ0n) is 10.7. The molecule has 2 rings (SSSR count). The van der Waals surface area contributed by atoms with Gasteiger partial charge in [-0.25, -0.2) is 0 Å². The van der Waals surface area contributed by atoms with Gasteiger partial charge in [-0.05, 0) is 43.9 Å². The first-order valence-electron chi connectivity index (χ1n) is 6.21. The fraction of sp³-hybridized carbons (Fsp3) is 0.400. The molecule has 17 heavy (non-hydrogen) atoms. The fourth-order valence-corrected chi connectivity index (χ4v) is 2.23. The molecule has 0 aromatic heterocycles. The van der Waals surface area contributed by atoms with E-state index < -0.39 is 0 Å². The second-order valence-electron chi connectivity index (χ2n) is 4.60. The molecule has 0 bridgehead atoms. The lowest BCUT2D eigenvalue weighted by atomic mass is 10.1. The Balaban J connectivity index is 2.16. The minimum absolute atomic E-state index is 0.964. The SMILES string of the molecule is C=C1CCCN1Cc1ccc(C)c(N=CC)c1. The Morgan fingerprint density at radius 1 is 1.47 bits per heavy atom. The van der Waals surface area contributed by atoms with E-state index in [0.29, 0.717) is 0 Å². The molecule has 0 N–H and O–H groups in total. The van der Waals surface area contributed by atoms with Crippen molar-refractivity contribution in [2.24, 2.45) is 4.99 Å². The van der Waals surface area contributed by atoms with Crippen molar-refractivity contribution in [1.82, 2.24) is 4.90 Å². The summed E-state index contributed by atoms with van der Waals surface area (Å²) < 4.78 is 0. The molecule has 0 amide bonds. The van der Waals surface area contributed by atoms with Gasteiger partial charge in [-0.15, -0.1) is 0 Å². The maximum Gasteiger partial charge on any atom is 0.0658 e. The first kappa shape index (κ1) is 11.9. The number of hydrogen-bond acceptors (Lipinski definition) is 2. The third-order valence-electron chi connectivity index (χ3n) is 3.26. The number of hydrogen-bond donors (Lipinski definition) is 0. The molecule has 0 spiro atoms. The van der Waals surface area contributed by atoms with E-state index in [-0.39, 0.29) is 0 Å². The Labute approximate surface area is 104 Å². The molecule has 0 aliphatic carbocycles. The highest BCUT2D eigenvalue weighted by Gasteiger charge is 2.14. The molecule has 1 fully saturated rings. The quantitative estimate of drug-likeness (QED) is 0.718. The van der Waals surface area contributed by atoms with Crippen molar-refractivity contribution in [2.75, 3.05) is 6.54 Å². The van der Waals surface area contributed by atoms with Crippen LogP contribution in [0.3, 0.4) is 0 Å². The summed E-state index contributed by atoms with van der Waals surface area (Å²) >= 11 is 0. The zero-order chi connectivity index (χ0) is 12.3. The molecule has 1 aromatic carbocycles. The monoisotopic (exact) mass is 228 g/mol. The molecule has 0 atom stereocenters. The molecule has 2 heteroatoms. The average molecular weight is 228 g/mol. The molecular weight excluding hydrogens is 208 g/mol. The maximum atomic E-state index is 4.39. The average Bonchev–Trinajstić information content (AvgIpc) is 2.70. The minimum atomic E-state index is 0.964. The van der Waals surface area contributed by atoms with Crippen LogP contribution in [-0.2, 0) is 6.54 Å². The van der Waals surface area contributed by atoms with E-state index in [0.717, 1.165) is 25.2 Å². The first-order chi connectivity index (χ1) is 8.20. The normalized spacial score (nSPS) is 16.1. The Morgan fingerprint density at radius 3 is 2.94 bits per heavy atom. The van der Waals surface area contributed by atoms with Crippen LogP contribution < -0.4 is 0 Å². The van der Waals surface area contributed by atoms with E-state index in [1.807, 2.05) is 13.1 Å². The zero-order valence-corrected chi connectivity index (χ0v) is 10.7. The van der Waals surface area contributed by atoms with Crippen LogP contribution in [0.4, 0.5) is 5.69 Å². The van der Waals surface area contributed by atoms with E-state index in [2.05, 4.69) is 41.6 Å². The van der Waals surface area contributed by atoms with E-state index in [1.165, 1.54) is 23.2 Å². The van der Waals surface area contributed by atoms with Gasteiger partial charge in [0.1, 0.15) is 0 Å². The van der Waals surface area contributed by atoms with Crippen molar-refractivity contribution in [2.45, 2.75) is 33.2 Å². The Kier molecular flexibility index (Phi) is 3.62. The van der Waals surface area contributed by atoms with Gasteiger partial charge in [-0.1, -0.05) is 18.7 Å². The standard InChI is InChI=1S/C15H20N2/c1-4-16-15-10-14(8-7-12(15)2)11-17-9-5-6-13(17)3/h4,7-8,10H,3,5-6,9,11H2,1-2H3. The van der Waals surface area contributed by atoms with Gasteiger partial charge in [0.05, 0.1) is 5.69 Å². The van der Waals surface area contributed by atoms with Gasteiger partial charge in [-0.3, -0.25) is 4.99 Å². The van der Waals surface area contributed by atoms with Gasteiger partial charge in [0.15, 0.2) is 0 Å². The summed E-state index contributed by atoms with van der Waals surface area (Å²) in [5, 5.41) is 0. The largest absolute Gasteiger partial charge is 0.371 e. The van der Waals surface area contributed by atoms with Crippen LogP contribution in [0.2, 0.25) is 0 Å². The van der Waals surface area contributed by atoms with Crippen molar-refractivity contribution in [3.63, 3.8) is 0 Å².